The summed E-state index contributed by atoms with van der Waals surface area (Å²) in [7, 11) is 0. The molecular weight excluding hydrogens is 304 g/mol. The summed E-state index contributed by atoms with van der Waals surface area (Å²) in [6.45, 7) is 5.19. The van der Waals surface area contributed by atoms with Crippen LogP contribution in [-0.4, -0.2) is 44.0 Å². The van der Waals surface area contributed by atoms with Crippen LogP contribution in [0.2, 0.25) is 0 Å². The molecule has 0 bridgehead atoms. The zero-order chi connectivity index (χ0) is 16.9. The minimum Gasteiger partial charge on any atom is -0.382 e. The van der Waals surface area contributed by atoms with Crippen molar-refractivity contribution in [2.24, 2.45) is 17.8 Å². The first-order valence-electron chi connectivity index (χ1n) is 9.41. The lowest BCUT2D eigenvalue weighted by molar-refractivity contribution is -0.145. The second-order valence-corrected chi connectivity index (χ2v) is 8.27. The molecule has 2 saturated carbocycles. The first-order valence-corrected chi connectivity index (χ1v) is 9.41. The van der Waals surface area contributed by atoms with Crippen molar-refractivity contribution in [3.05, 3.63) is 11.9 Å². The minimum absolute atomic E-state index is 0.207. The van der Waals surface area contributed by atoms with Gasteiger partial charge in [0.2, 0.25) is 5.91 Å². The van der Waals surface area contributed by atoms with Crippen LogP contribution >= 0.6 is 0 Å². The lowest BCUT2D eigenvalue weighted by Crippen LogP contribution is -2.51. The van der Waals surface area contributed by atoms with Gasteiger partial charge in [0, 0.05) is 18.5 Å². The molecule has 2 heterocycles. The maximum atomic E-state index is 13.1. The zero-order valence-electron chi connectivity index (χ0n) is 14.7. The number of hydrogen-bond donors (Lipinski definition) is 1. The molecule has 4 rings (SSSR count). The molecule has 6 nitrogen and oxygen atoms in total. The molecule has 1 aromatic rings. The summed E-state index contributed by atoms with van der Waals surface area (Å²) >= 11 is 0. The number of carbonyl (C=O) groups is 1. The van der Waals surface area contributed by atoms with E-state index in [1.807, 2.05) is 24.9 Å². The summed E-state index contributed by atoms with van der Waals surface area (Å²) < 4.78 is 1.77. The first-order chi connectivity index (χ1) is 11.5. The highest BCUT2D eigenvalue weighted by Gasteiger charge is 2.49. The SMILES string of the molecule is CC(C)n1cc(C2(O)CCCN(C(=O)C(C3CC3)C3CC3)C2)nn1. The quantitative estimate of drug-likeness (QED) is 0.896. The van der Waals surface area contributed by atoms with E-state index in [1.165, 1.54) is 25.7 Å². The number of aromatic nitrogens is 3. The van der Waals surface area contributed by atoms with E-state index in [-0.39, 0.29) is 17.9 Å². The molecule has 0 spiro atoms. The molecule has 6 heteroatoms. The topological polar surface area (TPSA) is 71.2 Å². The van der Waals surface area contributed by atoms with Gasteiger partial charge in [0.15, 0.2) is 0 Å². The van der Waals surface area contributed by atoms with Gasteiger partial charge in [-0.25, -0.2) is 4.68 Å². The van der Waals surface area contributed by atoms with Gasteiger partial charge in [-0.2, -0.15) is 0 Å². The molecule has 1 atom stereocenters. The Balaban J connectivity index is 1.50. The molecule has 1 amide bonds. The van der Waals surface area contributed by atoms with Crippen molar-refractivity contribution in [1.82, 2.24) is 19.9 Å². The third kappa shape index (κ3) is 2.96. The molecule has 1 aromatic heterocycles. The number of nitrogens with zero attached hydrogens (tertiary/aromatic N) is 4. The van der Waals surface area contributed by atoms with Crippen molar-refractivity contribution in [2.45, 2.75) is 64.0 Å². The molecule has 3 aliphatic rings. The summed E-state index contributed by atoms with van der Waals surface area (Å²) in [5.41, 5.74) is -0.457. The number of rotatable bonds is 5. The first kappa shape index (κ1) is 16.1. The van der Waals surface area contributed by atoms with Gasteiger partial charge in [-0.1, -0.05) is 5.21 Å². The van der Waals surface area contributed by atoms with Gasteiger partial charge in [0.25, 0.3) is 0 Å². The number of likely N-dealkylation sites (tertiary alicyclic amines) is 1. The minimum atomic E-state index is -1.06. The molecular formula is C18H28N4O2. The van der Waals surface area contributed by atoms with Crippen LogP contribution in [0.5, 0.6) is 0 Å². The Kier molecular flexibility index (Phi) is 3.90. The Hall–Kier alpha value is -1.43. The fraction of sp³-hybridized carbons (Fsp3) is 0.833. The van der Waals surface area contributed by atoms with Gasteiger partial charge >= 0.3 is 0 Å². The smallest absolute Gasteiger partial charge is 0.226 e. The summed E-state index contributed by atoms with van der Waals surface area (Å²) in [6, 6.07) is 0.213. The van der Waals surface area contributed by atoms with Gasteiger partial charge in [0.05, 0.1) is 12.7 Å². The molecule has 2 aliphatic carbocycles. The maximum Gasteiger partial charge on any atom is 0.226 e. The third-order valence-corrected chi connectivity index (χ3v) is 5.84. The van der Waals surface area contributed by atoms with E-state index in [0.717, 1.165) is 13.0 Å². The van der Waals surface area contributed by atoms with Gasteiger partial charge in [-0.05, 0) is 64.2 Å². The second-order valence-electron chi connectivity index (χ2n) is 8.27. The van der Waals surface area contributed by atoms with Gasteiger partial charge in [-0.3, -0.25) is 4.79 Å². The molecule has 0 radical (unpaired) electrons. The monoisotopic (exact) mass is 332 g/mol. The number of carbonyl (C=O) groups excluding carboxylic acids is 1. The number of hydrogen-bond acceptors (Lipinski definition) is 4. The van der Waals surface area contributed by atoms with Gasteiger partial charge < -0.3 is 10.0 Å². The van der Waals surface area contributed by atoms with Crippen LogP contribution in [0.3, 0.4) is 0 Å². The molecule has 1 aliphatic heterocycles. The molecule has 132 valence electrons. The molecule has 3 fully saturated rings. The fourth-order valence-electron chi connectivity index (χ4n) is 4.09. The molecule has 0 aromatic carbocycles. The van der Waals surface area contributed by atoms with Crippen LogP contribution in [-0.2, 0) is 10.4 Å². The highest BCUT2D eigenvalue weighted by atomic mass is 16.3. The molecule has 24 heavy (non-hydrogen) atoms. The van der Waals surface area contributed by atoms with Crippen molar-refractivity contribution >= 4 is 5.91 Å². The molecule has 1 saturated heterocycles. The van der Waals surface area contributed by atoms with E-state index >= 15 is 0 Å². The van der Waals surface area contributed by atoms with Crippen molar-refractivity contribution < 1.29 is 9.90 Å². The Morgan fingerprint density at radius 3 is 2.50 bits per heavy atom. The standard InChI is InChI=1S/C18H28N4O2/c1-12(2)22-10-15(19-20-22)18(24)8-3-9-21(11-18)17(23)16(13-4-5-13)14-6-7-14/h10,12-14,16,24H,3-9,11H2,1-2H3. The van der Waals surface area contributed by atoms with E-state index in [4.69, 9.17) is 0 Å². The normalized spacial score (nSPS) is 28.0. The number of aliphatic hydroxyl groups is 1. The van der Waals surface area contributed by atoms with E-state index < -0.39 is 5.60 Å². The Morgan fingerprint density at radius 2 is 1.96 bits per heavy atom. The summed E-state index contributed by atoms with van der Waals surface area (Å²) in [5.74, 6) is 1.68. The van der Waals surface area contributed by atoms with E-state index in [9.17, 15) is 9.90 Å². The highest BCUT2D eigenvalue weighted by molar-refractivity contribution is 5.80. The Bertz CT molecular complexity index is 608. The van der Waals surface area contributed by atoms with E-state index in [1.54, 1.807) is 4.68 Å². The Morgan fingerprint density at radius 1 is 1.29 bits per heavy atom. The summed E-state index contributed by atoms with van der Waals surface area (Å²) in [4.78, 5) is 15.0. The van der Waals surface area contributed by atoms with E-state index in [0.29, 0.717) is 30.5 Å². The molecule has 1 N–H and O–H groups in total. The van der Waals surface area contributed by atoms with Crippen LogP contribution in [0.1, 0.15) is 64.1 Å². The highest BCUT2D eigenvalue weighted by Crippen LogP contribution is 2.50. The van der Waals surface area contributed by atoms with Crippen LogP contribution in [0.15, 0.2) is 6.20 Å². The van der Waals surface area contributed by atoms with Crippen LogP contribution < -0.4 is 0 Å². The zero-order valence-corrected chi connectivity index (χ0v) is 14.7. The lowest BCUT2D eigenvalue weighted by Gasteiger charge is -2.39. The van der Waals surface area contributed by atoms with Crippen LogP contribution in [0, 0.1) is 17.8 Å². The Labute approximate surface area is 143 Å². The number of amides is 1. The summed E-state index contributed by atoms with van der Waals surface area (Å²) in [6.07, 6.45) is 8.10. The predicted molar refractivity (Wildman–Crippen MR) is 89.1 cm³/mol. The second kappa shape index (κ2) is 5.83. The van der Waals surface area contributed by atoms with Gasteiger partial charge in [-0.15, -0.1) is 5.10 Å². The van der Waals surface area contributed by atoms with Crippen LogP contribution in [0.4, 0.5) is 0 Å². The number of piperidine rings is 1. The van der Waals surface area contributed by atoms with Crippen molar-refractivity contribution in [2.75, 3.05) is 13.1 Å². The van der Waals surface area contributed by atoms with E-state index in [2.05, 4.69) is 10.3 Å². The maximum absolute atomic E-state index is 13.1. The summed E-state index contributed by atoms with van der Waals surface area (Å²) in [5, 5.41) is 19.4. The average molecular weight is 332 g/mol. The van der Waals surface area contributed by atoms with Crippen LogP contribution in [0.25, 0.3) is 0 Å². The van der Waals surface area contributed by atoms with Gasteiger partial charge in [0.1, 0.15) is 11.3 Å². The van der Waals surface area contributed by atoms with Crippen molar-refractivity contribution in [3.8, 4) is 0 Å². The lowest BCUT2D eigenvalue weighted by atomic mass is 9.88. The number of β-amino-alcohol motifs (C(OH)–C–C–N with tert-alkyl or cyclic N) is 1. The largest absolute Gasteiger partial charge is 0.382 e. The van der Waals surface area contributed by atoms with Crippen molar-refractivity contribution in [3.63, 3.8) is 0 Å². The average Bonchev–Trinajstić information content (AvgIpc) is 3.48. The van der Waals surface area contributed by atoms with Crippen molar-refractivity contribution in [1.29, 1.82) is 0 Å². The molecule has 1 unspecified atom stereocenters. The fourth-order valence-corrected chi connectivity index (χ4v) is 4.09. The third-order valence-electron chi connectivity index (χ3n) is 5.84. The predicted octanol–water partition coefficient (Wildman–Crippen LogP) is 2.11.